The highest BCUT2D eigenvalue weighted by Gasteiger charge is 1.82. The molecular formula is C6H8O2S. The number of thioether (sulfide) groups is 1. The van der Waals surface area contributed by atoms with Crippen LogP contribution in [0, 0.1) is 0 Å². The molecule has 0 amide bonds. The summed E-state index contributed by atoms with van der Waals surface area (Å²) in [6, 6.07) is 0. The van der Waals surface area contributed by atoms with Crippen LogP contribution in [0.1, 0.15) is 0 Å². The van der Waals surface area contributed by atoms with E-state index in [9.17, 15) is 4.79 Å². The van der Waals surface area contributed by atoms with Gasteiger partial charge in [-0.2, -0.15) is 0 Å². The molecule has 2 nitrogen and oxygen atoms in total. The van der Waals surface area contributed by atoms with Crippen LogP contribution in [0.3, 0.4) is 0 Å². The first kappa shape index (κ1) is 8.30. The van der Waals surface area contributed by atoms with E-state index in [-0.39, 0.29) is 0 Å². The maximum absolute atomic E-state index is 9.84. The normalized spacial score (nSPS) is 9.78. The third-order valence-corrected chi connectivity index (χ3v) is 1.28. The Morgan fingerprint density at radius 3 is 2.89 bits per heavy atom. The first-order valence-corrected chi connectivity index (χ1v) is 3.44. The van der Waals surface area contributed by atoms with Gasteiger partial charge in [0.1, 0.15) is 0 Å². The molecule has 50 valence electrons. The van der Waals surface area contributed by atoms with Crippen molar-refractivity contribution in [2.45, 2.75) is 0 Å². The Kier molecular flexibility index (Phi) is 5.01. The number of aliphatic carboxylic acids is 1. The van der Waals surface area contributed by atoms with E-state index in [0.717, 1.165) is 11.8 Å². The molecule has 0 bridgehead atoms. The molecule has 0 aromatic carbocycles. The molecule has 0 aliphatic heterocycles. The lowest BCUT2D eigenvalue weighted by Gasteiger charge is -1.81. The number of rotatable bonds is 4. The fraction of sp³-hybridized carbons (Fsp3) is 0.167. The molecule has 0 aliphatic carbocycles. The van der Waals surface area contributed by atoms with Gasteiger partial charge in [0, 0.05) is 11.8 Å². The van der Waals surface area contributed by atoms with Crippen molar-refractivity contribution < 1.29 is 9.90 Å². The lowest BCUT2D eigenvalue weighted by Crippen LogP contribution is -1.84. The fourth-order valence-electron chi connectivity index (χ4n) is 0.230. The van der Waals surface area contributed by atoms with Crippen LogP contribution >= 0.6 is 11.8 Å². The molecule has 0 aliphatic rings. The van der Waals surface area contributed by atoms with Crippen molar-refractivity contribution in [3.8, 4) is 0 Å². The van der Waals surface area contributed by atoms with Crippen LogP contribution < -0.4 is 0 Å². The summed E-state index contributed by atoms with van der Waals surface area (Å²) in [5, 5.41) is 9.62. The molecule has 0 rings (SSSR count). The summed E-state index contributed by atoms with van der Waals surface area (Å²) in [5.74, 6) is -0.157. The van der Waals surface area contributed by atoms with Gasteiger partial charge >= 0.3 is 5.97 Å². The maximum atomic E-state index is 9.84. The minimum absolute atomic E-state index is 0.754. The summed E-state index contributed by atoms with van der Waals surface area (Å²) in [5.41, 5.74) is 0. The molecule has 0 saturated carbocycles. The zero-order chi connectivity index (χ0) is 7.11. The maximum Gasteiger partial charge on any atom is 0.328 e. The second-order valence-corrected chi connectivity index (χ2v) is 2.20. The summed E-state index contributed by atoms with van der Waals surface area (Å²) < 4.78 is 0. The largest absolute Gasteiger partial charge is 0.478 e. The standard InChI is InChI=1S/C6H8O2S/c1-2-4-9-5-3-6(7)8/h2-3,5H,1,4H2,(H,7,8). The lowest BCUT2D eigenvalue weighted by atomic mass is 10.7. The van der Waals surface area contributed by atoms with Crippen molar-refractivity contribution in [2.75, 3.05) is 5.75 Å². The Morgan fingerprint density at radius 1 is 1.78 bits per heavy atom. The number of hydrogen-bond acceptors (Lipinski definition) is 2. The highest BCUT2D eigenvalue weighted by molar-refractivity contribution is 8.02. The Labute approximate surface area is 58.3 Å². The smallest absolute Gasteiger partial charge is 0.328 e. The molecule has 0 aromatic rings. The van der Waals surface area contributed by atoms with Gasteiger partial charge in [-0.3, -0.25) is 0 Å². The Bertz CT molecular complexity index is 129. The molecular weight excluding hydrogens is 136 g/mol. The van der Waals surface area contributed by atoms with E-state index in [1.54, 1.807) is 6.08 Å². The van der Waals surface area contributed by atoms with Crippen LogP contribution in [0.5, 0.6) is 0 Å². The van der Waals surface area contributed by atoms with E-state index in [2.05, 4.69) is 6.58 Å². The average Bonchev–Trinajstić information content (AvgIpc) is 1.80. The Hall–Kier alpha value is -0.700. The minimum Gasteiger partial charge on any atom is -0.478 e. The molecule has 0 saturated heterocycles. The van der Waals surface area contributed by atoms with Crippen LogP contribution in [0.15, 0.2) is 24.1 Å². The number of carboxylic acid groups (broad SMARTS) is 1. The van der Waals surface area contributed by atoms with Crippen molar-refractivity contribution >= 4 is 17.7 Å². The molecule has 0 fully saturated rings. The summed E-state index contributed by atoms with van der Waals surface area (Å²) in [7, 11) is 0. The summed E-state index contributed by atoms with van der Waals surface area (Å²) in [6.07, 6.45) is 2.82. The molecule has 0 unspecified atom stereocenters. The van der Waals surface area contributed by atoms with Gasteiger partial charge in [0.05, 0.1) is 0 Å². The van der Waals surface area contributed by atoms with E-state index in [1.807, 2.05) is 0 Å². The first-order valence-electron chi connectivity index (χ1n) is 2.39. The predicted molar refractivity (Wildman–Crippen MR) is 39.4 cm³/mol. The zero-order valence-corrected chi connectivity index (χ0v) is 5.73. The van der Waals surface area contributed by atoms with Crippen molar-refractivity contribution in [1.29, 1.82) is 0 Å². The Balaban J connectivity index is 3.24. The minimum atomic E-state index is -0.911. The van der Waals surface area contributed by atoms with Crippen molar-refractivity contribution in [2.24, 2.45) is 0 Å². The van der Waals surface area contributed by atoms with Gasteiger partial charge < -0.3 is 5.11 Å². The second kappa shape index (κ2) is 5.44. The van der Waals surface area contributed by atoms with Gasteiger partial charge in [-0.1, -0.05) is 6.08 Å². The van der Waals surface area contributed by atoms with Gasteiger partial charge in [0.2, 0.25) is 0 Å². The molecule has 1 N–H and O–H groups in total. The van der Waals surface area contributed by atoms with E-state index in [0.29, 0.717) is 0 Å². The van der Waals surface area contributed by atoms with Crippen LogP contribution in [0.4, 0.5) is 0 Å². The van der Waals surface area contributed by atoms with E-state index in [1.165, 1.54) is 17.2 Å². The van der Waals surface area contributed by atoms with Gasteiger partial charge in [0.25, 0.3) is 0 Å². The monoisotopic (exact) mass is 144 g/mol. The van der Waals surface area contributed by atoms with E-state index in [4.69, 9.17) is 5.11 Å². The van der Waals surface area contributed by atoms with Crippen LogP contribution in [0.2, 0.25) is 0 Å². The van der Waals surface area contributed by atoms with Gasteiger partial charge in [-0.15, -0.1) is 18.3 Å². The quantitative estimate of drug-likeness (QED) is 0.369. The summed E-state index contributed by atoms with van der Waals surface area (Å²) in [4.78, 5) is 9.84. The molecule has 0 heterocycles. The topological polar surface area (TPSA) is 37.3 Å². The predicted octanol–water partition coefficient (Wildman–Crippen LogP) is 1.50. The summed E-state index contributed by atoms with van der Waals surface area (Å²) in [6.45, 7) is 3.48. The van der Waals surface area contributed by atoms with Gasteiger partial charge in [-0.05, 0) is 5.41 Å². The molecule has 0 radical (unpaired) electrons. The molecule has 0 atom stereocenters. The zero-order valence-electron chi connectivity index (χ0n) is 4.91. The second-order valence-electron chi connectivity index (χ2n) is 1.26. The van der Waals surface area contributed by atoms with E-state index < -0.39 is 5.97 Å². The average molecular weight is 144 g/mol. The molecule has 9 heavy (non-hydrogen) atoms. The van der Waals surface area contributed by atoms with Crippen LogP contribution in [-0.2, 0) is 4.79 Å². The highest BCUT2D eigenvalue weighted by atomic mass is 32.2. The lowest BCUT2D eigenvalue weighted by molar-refractivity contribution is -0.131. The first-order chi connectivity index (χ1) is 4.27. The van der Waals surface area contributed by atoms with Gasteiger partial charge in [0.15, 0.2) is 0 Å². The molecule has 0 spiro atoms. The van der Waals surface area contributed by atoms with Crippen LogP contribution in [0.25, 0.3) is 0 Å². The highest BCUT2D eigenvalue weighted by Crippen LogP contribution is 2.00. The SMILES string of the molecule is C=CCSC=CC(=O)O. The van der Waals surface area contributed by atoms with E-state index >= 15 is 0 Å². The van der Waals surface area contributed by atoms with Crippen molar-refractivity contribution in [3.63, 3.8) is 0 Å². The summed E-state index contributed by atoms with van der Waals surface area (Å²) >= 11 is 1.40. The van der Waals surface area contributed by atoms with Crippen molar-refractivity contribution in [3.05, 3.63) is 24.1 Å². The third-order valence-electron chi connectivity index (χ3n) is 0.521. The number of hydrogen-bond donors (Lipinski definition) is 1. The number of carbonyl (C=O) groups is 1. The number of carboxylic acids is 1. The third kappa shape index (κ3) is 7.30. The Morgan fingerprint density at radius 2 is 2.44 bits per heavy atom. The molecule has 3 heteroatoms. The van der Waals surface area contributed by atoms with Crippen molar-refractivity contribution in [1.82, 2.24) is 0 Å². The van der Waals surface area contributed by atoms with Gasteiger partial charge in [-0.25, -0.2) is 4.79 Å². The van der Waals surface area contributed by atoms with Crippen LogP contribution in [-0.4, -0.2) is 16.8 Å². The molecule has 0 aromatic heterocycles. The fourth-order valence-corrected chi connectivity index (χ4v) is 0.690.